The lowest BCUT2D eigenvalue weighted by atomic mass is 10.1. The highest BCUT2D eigenvalue weighted by Crippen LogP contribution is 2.28. The van der Waals surface area contributed by atoms with Crippen molar-refractivity contribution in [3.05, 3.63) is 33.9 Å². The maximum absolute atomic E-state index is 10.8. The number of carboxylic acid groups (broad SMARTS) is 1. The quantitative estimate of drug-likeness (QED) is 0.524. The first-order valence-electron chi connectivity index (χ1n) is 4.86. The molecule has 1 aromatic carbocycles. The lowest BCUT2D eigenvalue weighted by Gasteiger charge is -2.09. The Morgan fingerprint density at radius 1 is 1.59 bits per heavy atom. The van der Waals surface area contributed by atoms with Crippen molar-refractivity contribution in [1.29, 1.82) is 0 Å². The molecule has 7 nitrogen and oxygen atoms in total. The molecule has 0 aliphatic carbocycles. The lowest BCUT2D eigenvalue weighted by Crippen LogP contribution is -2.17. The molecule has 1 atom stereocenters. The number of carbonyl (C=O) groups is 1. The summed E-state index contributed by atoms with van der Waals surface area (Å²) >= 11 is 0. The van der Waals surface area contributed by atoms with Crippen LogP contribution in [0, 0.1) is 10.1 Å². The average Bonchev–Trinajstić information content (AvgIpc) is 2.25. The van der Waals surface area contributed by atoms with E-state index in [9.17, 15) is 14.9 Å². The molecule has 1 unspecified atom stereocenters. The van der Waals surface area contributed by atoms with Gasteiger partial charge in [0.05, 0.1) is 11.0 Å². The largest absolute Gasteiger partial charge is 0.477 e. The van der Waals surface area contributed by atoms with E-state index in [1.54, 1.807) is 0 Å². The van der Waals surface area contributed by atoms with Crippen molar-refractivity contribution in [3.63, 3.8) is 0 Å². The standard InChI is InChI=1S/C10H12N2O5/c1-6(13)5-11-8-4-2-3-7(10(14)15)9(8)12(16)17/h2-4,6,11,13H,5H2,1H3,(H,14,15). The second-order valence-electron chi connectivity index (χ2n) is 3.49. The first-order chi connectivity index (χ1) is 7.93. The van der Waals surface area contributed by atoms with Gasteiger partial charge in [0.1, 0.15) is 11.3 Å². The van der Waals surface area contributed by atoms with Gasteiger partial charge in [-0.1, -0.05) is 6.07 Å². The Kier molecular flexibility index (Phi) is 4.00. The number of para-hydroxylation sites is 1. The van der Waals surface area contributed by atoms with Gasteiger partial charge in [-0.05, 0) is 19.1 Å². The van der Waals surface area contributed by atoms with E-state index in [4.69, 9.17) is 10.2 Å². The van der Waals surface area contributed by atoms with Gasteiger partial charge >= 0.3 is 11.7 Å². The van der Waals surface area contributed by atoms with Crippen molar-refractivity contribution in [2.24, 2.45) is 0 Å². The van der Waals surface area contributed by atoms with E-state index in [1.807, 2.05) is 0 Å². The molecule has 0 saturated heterocycles. The van der Waals surface area contributed by atoms with E-state index < -0.39 is 22.7 Å². The number of anilines is 1. The molecule has 0 bridgehead atoms. The molecular weight excluding hydrogens is 228 g/mol. The summed E-state index contributed by atoms with van der Waals surface area (Å²) in [6.07, 6.45) is -0.692. The minimum absolute atomic E-state index is 0.0794. The number of nitro groups is 1. The van der Waals surface area contributed by atoms with Crippen LogP contribution >= 0.6 is 0 Å². The molecule has 1 rings (SSSR count). The lowest BCUT2D eigenvalue weighted by molar-refractivity contribution is -0.384. The van der Waals surface area contributed by atoms with E-state index in [-0.39, 0.29) is 17.8 Å². The van der Waals surface area contributed by atoms with Crippen LogP contribution in [-0.2, 0) is 0 Å². The Labute approximate surface area is 96.8 Å². The molecule has 92 valence electrons. The topological polar surface area (TPSA) is 113 Å². The van der Waals surface area contributed by atoms with Gasteiger partial charge < -0.3 is 15.5 Å². The van der Waals surface area contributed by atoms with Gasteiger partial charge in [0.15, 0.2) is 0 Å². The molecule has 7 heteroatoms. The monoisotopic (exact) mass is 240 g/mol. The van der Waals surface area contributed by atoms with Crippen molar-refractivity contribution in [2.75, 3.05) is 11.9 Å². The molecule has 0 radical (unpaired) electrons. The summed E-state index contributed by atoms with van der Waals surface area (Å²) in [5.41, 5.74) is -0.804. The van der Waals surface area contributed by atoms with E-state index >= 15 is 0 Å². The van der Waals surface area contributed by atoms with E-state index in [2.05, 4.69) is 5.32 Å². The second-order valence-corrected chi connectivity index (χ2v) is 3.49. The molecule has 0 saturated carbocycles. The number of carboxylic acids is 1. The Morgan fingerprint density at radius 2 is 2.24 bits per heavy atom. The number of nitrogens with zero attached hydrogens (tertiary/aromatic N) is 1. The van der Waals surface area contributed by atoms with Crippen LogP contribution < -0.4 is 5.32 Å². The summed E-state index contributed by atoms with van der Waals surface area (Å²) in [4.78, 5) is 20.9. The van der Waals surface area contributed by atoms with Gasteiger partial charge in [-0.25, -0.2) is 4.79 Å². The summed E-state index contributed by atoms with van der Waals surface area (Å²) in [5, 5.41) is 31.4. The van der Waals surface area contributed by atoms with Crippen molar-refractivity contribution in [3.8, 4) is 0 Å². The van der Waals surface area contributed by atoms with Crippen LogP contribution in [0.25, 0.3) is 0 Å². The summed E-state index contributed by atoms with van der Waals surface area (Å²) in [5.74, 6) is -1.36. The average molecular weight is 240 g/mol. The highest BCUT2D eigenvalue weighted by atomic mass is 16.6. The third kappa shape index (κ3) is 3.15. The predicted octanol–water partition coefficient (Wildman–Crippen LogP) is 1.09. The molecule has 0 fully saturated rings. The highest BCUT2D eigenvalue weighted by Gasteiger charge is 2.23. The molecule has 3 N–H and O–H groups in total. The zero-order valence-electron chi connectivity index (χ0n) is 9.08. The van der Waals surface area contributed by atoms with Gasteiger partial charge in [0.25, 0.3) is 0 Å². The fourth-order valence-corrected chi connectivity index (χ4v) is 1.31. The summed E-state index contributed by atoms with van der Waals surface area (Å²) < 4.78 is 0. The number of nitro benzene ring substituents is 1. The van der Waals surface area contributed by atoms with Crippen LogP contribution in [0.4, 0.5) is 11.4 Å². The van der Waals surface area contributed by atoms with Crippen LogP contribution in [0.3, 0.4) is 0 Å². The number of benzene rings is 1. The first-order valence-corrected chi connectivity index (χ1v) is 4.86. The number of nitrogens with one attached hydrogen (secondary N) is 1. The van der Waals surface area contributed by atoms with Crippen LogP contribution in [0.5, 0.6) is 0 Å². The van der Waals surface area contributed by atoms with Crippen LogP contribution in [0.15, 0.2) is 18.2 Å². The minimum Gasteiger partial charge on any atom is -0.477 e. The maximum Gasteiger partial charge on any atom is 0.342 e. The van der Waals surface area contributed by atoms with Crippen molar-refractivity contribution in [2.45, 2.75) is 13.0 Å². The van der Waals surface area contributed by atoms with Gasteiger partial charge in [-0.15, -0.1) is 0 Å². The SMILES string of the molecule is CC(O)CNc1cccc(C(=O)O)c1[N+](=O)[O-]. The summed E-state index contributed by atoms with van der Waals surface area (Å²) in [7, 11) is 0. The molecule has 1 aromatic rings. The molecule has 0 aliphatic rings. The fraction of sp³-hybridized carbons (Fsp3) is 0.300. The van der Waals surface area contributed by atoms with Crippen LogP contribution in [0.2, 0.25) is 0 Å². The van der Waals surface area contributed by atoms with Crippen molar-refractivity contribution >= 4 is 17.3 Å². The Balaban J connectivity index is 3.16. The van der Waals surface area contributed by atoms with Crippen molar-refractivity contribution < 1.29 is 19.9 Å². The number of rotatable bonds is 5. The Bertz CT molecular complexity index is 444. The summed E-state index contributed by atoms with van der Waals surface area (Å²) in [6.45, 7) is 1.61. The van der Waals surface area contributed by atoms with Gasteiger partial charge in [0.2, 0.25) is 0 Å². The Hall–Kier alpha value is -2.15. The van der Waals surface area contributed by atoms with Gasteiger partial charge in [-0.2, -0.15) is 0 Å². The maximum atomic E-state index is 10.8. The molecular formula is C10H12N2O5. The predicted molar refractivity (Wildman–Crippen MR) is 60.2 cm³/mol. The number of aliphatic hydroxyl groups excluding tert-OH is 1. The molecule has 0 aromatic heterocycles. The fourth-order valence-electron chi connectivity index (χ4n) is 1.31. The third-order valence-corrected chi connectivity index (χ3v) is 2.04. The minimum atomic E-state index is -1.36. The zero-order chi connectivity index (χ0) is 13.0. The summed E-state index contributed by atoms with van der Waals surface area (Å²) in [6, 6.07) is 3.96. The van der Waals surface area contributed by atoms with Crippen molar-refractivity contribution in [1.82, 2.24) is 0 Å². The van der Waals surface area contributed by atoms with E-state index in [0.29, 0.717) is 0 Å². The van der Waals surface area contributed by atoms with E-state index in [1.165, 1.54) is 19.1 Å². The molecule has 0 spiro atoms. The highest BCUT2D eigenvalue weighted by molar-refractivity contribution is 5.95. The Morgan fingerprint density at radius 3 is 2.71 bits per heavy atom. The van der Waals surface area contributed by atoms with E-state index in [0.717, 1.165) is 6.07 Å². The molecule has 0 amide bonds. The van der Waals surface area contributed by atoms with Crippen LogP contribution in [-0.4, -0.2) is 33.8 Å². The number of hydrogen-bond acceptors (Lipinski definition) is 5. The number of aliphatic hydroxyl groups is 1. The smallest absolute Gasteiger partial charge is 0.342 e. The first kappa shape index (κ1) is 12.9. The third-order valence-electron chi connectivity index (χ3n) is 2.04. The molecule has 0 heterocycles. The van der Waals surface area contributed by atoms with Gasteiger partial charge in [0, 0.05) is 6.54 Å². The number of hydrogen-bond donors (Lipinski definition) is 3. The van der Waals surface area contributed by atoms with Crippen LogP contribution in [0.1, 0.15) is 17.3 Å². The van der Waals surface area contributed by atoms with Gasteiger partial charge in [-0.3, -0.25) is 10.1 Å². The molecule has 17 heavy (non-hydrogen) atoms. The normalized spacial score (nSPS) is 11.9. The zero-order valence-corrected chi connectivity index (χ0v) is 9.08. The molecule has 0 aliphatic heterocycles. The second kappa shape index (κ2) is 5.26. The number of aromatic carboxylic acids is 1.